The third-order valence-corrected chi connectivity index (χ3v) is 5.27. The maximum absolute atomic E-state index is 12.7. The second-order valence-electron chi connectivity index (χ2n) is 6.80. The highest BCUT2D eigenvalue weighted by Gasteiger charge is 2.38. The van der Waals surface area contributed by atoms with Gasteiger partial charge in [0.05, 0.1) is 0 Å². The van der Waals surface area contributed by atoms with Gasteiger partial charge in [0.15, 0.2) is 0 Å². The Labute approximate surface area is 139 Å². The molecule has 2 saturated heterocycles. The Hall–Kier alpha value is -0.810. The van der Waals surface area contributed by atoms with Crippen molar-refractivity contribution in [2.75, 3.05) is 32.7 Å². The molecule has 126 valence electrons. The van der Waals surface area contributed by atoms with Crippen molar-refractivity contribution in [3.8, 4) is 0 Å². The summed E-state index contributed by atoms with van der Waals surface area (Å²) in [7, 11) is 0. The molecule has 2 amide bonds. The number of nitrogens with zero attached hydrogens (tertiary/aromatic N) is 1. The summed E-state index contributed by atoms with van der Waals surface area (Å²) in [6.07, 6.45) is 6.15. The largest absolute Gasteiger partial charge is 0.355 e. The molecular weight excluding hydrogens is 302 g/mol. The standard InChI is InChI=1S/C16H27N3O2.ClH/c20-15(18-11-12-9-17-10-12)13-5-1-2-6-14(13)16(21)19-7-3-4-8-19;/h12-14,17H,1-11H2,(H,18,20);1H. The zero-order chi connectivity index (χ0) is 14.7. The summed E-state index contributed by atoms with van der Waals surface area (Å²) in [6.45, 7) is 4.53. The Bertz CT molecular complexity index is 395. The van der Waals surface area contributed by atoms with Crippen LogP contribution in [-0.4, -0.2) is 49.4 Å². The SMILES string of the molecule is Cl.O=C(NCC1CNC1)C1CCCCC1C(=O)N1CCCC1. The zero-order valence-electron chi connectivity index (χ0n) is 13.2. The molecule has 2 N–H and O–H groups in total. The predicted octanol–water partition coefficient (Wildman–Crippen LogP) is 1.17. The molecule has 0 aromatic rings. The van der Waals surface area contributed by atoms with Gasteiger partial charge in [-0.2, -0.15) is 0 Å². The Morgan fingerprint density at radius 1 is 1.00 bits per heavy atom. The lowest BCUT2D eigenvalue weighted by molar-refractivity contribution is -0.143. The average Bonchev–Trinajstić information content (AvgIpc) is 2.99. The van der Waals surface area contributed by atoms with Crippen LogP contribution in [0, 0.1) is 17.8 Å². The highest BCUT2D eigenvalue weighted by atomic mass is 35.5. The average molecular weight is 330 g/mol. The molecule has 22 heavy (non-hydrogen) atoms. The summed E-state index contributed by atoms with van der Waals surface area (Å²) in [6, 6.07) is 0. The van der Waals surface area contributed by atoms with E-state index < -0.39 is 0 Å². The Kier molecular flexibility index (Phi) is 6.50. The molecule has 3 rings (SSSR count). The molecule has 2 unspecified atom stereocenters. The van der Waals surface area contributed by atoms with Gasteiger partial charge in [0.25, 0.3) is 0 Å². The number of nitrogens with one attached hydrogen (secondary N) is 2. The van der Waals surface area contributed by atoms with Crippen LogP contribution < -0.4 is 10.6 Å². The fourth-order valence-corrected chi connectivity index (χ4v) is 3.78. The van der Waals surface area contributed by atoms with Crippen LogP contribution in [0.1, 0.15) is 38.5 Å². The lowest BCUT2D eigenvalue weighted by Gasteiger charge is -2.33. The van der Waals surface area contributed by atoms with Crippen molar-refractivity contribution in [1.29, 1.82) is 0 Å². The summed E-state index contributed by atoms with van der Waals surface area (Å²) in [4.78, 5) is 27.1. The van der Waals surface area contributed by atoms with E-state index >= 15 is 0 Å². The molecule has 3 fully saturated rings. The summed E-state index contributed by atoms with van der Waals surface area (Å²) >= 11 is 0. The van der Waals surface area contributed by atoms with Gasteiger partial charge in [0.2, 0.25) is 11.8 Å². The van der Waals surface area contributed by atoms with Crippen LogP contribution in [0.25, 0.3) is 0 Å². The molecule has 1 aliphatic carbocycles. The van der Waals surface area contributed by atoms with Gasteiger partial charge in [-0.15, -0.1) is 12.4 Å². The van der Waals surface area contributed by atoms with E-state index in [4.69, 9.17) is 0 Å². The first-order valence-corrected chi connectivity index (χ1v) is 8.53. The van der Waals surface area contributed by atoms with Crippen LogP contribution in [0.3, 0.4) is 0 Å². The lowest BCUT2D eigenvalue weighted by atomic mass is 9.77. The topological polar surface area (TPSA) is 61.4 Å². The summed E-state index contributed by atoms with van der Waals surface area (Å²) in [5, 5.41) is 6.30. The molecule has 5 nitrogen and oxygen atoms in total. The van der Waals surface area contributed by atoms with Crippen molar-refractivity contribution < 1.29 is 9.59 Å². The van der Waals surface area contributed by atoms with Crippen molar-refractivity contribution in [3.63, 3.8) is 0 Å². The van der Waals surface area contributed by atoms with Crippen LogP contribution in [0.15, 0.2) is 0 Å². The Morgan fingerprint density at radius 3 is 2.23 bits per heavy atom. The first-order chi connectivity index (χ1) is 10.3. The normalized spacial score (nSPS) is 28.6. The van der Waals surface area contributed by atoms with Crippen LogP contribution in [0.2, 0.25) is 0 Å². The molecule has 2 atom stereocenters. The quantitative estimate of drug-likeness (QED) is 0.814. The van der Waals surface area contributed by atoms with Gasteiger partial charge in [-0.3, -0.25) is 9.59 Å². The fraction of sp³-hybridized carbons (Fsp3) is 0.875. The van der Waals surface area contributed by atoms with Crippen LogP contribution in [-0.2, 0) is 9.59 Å². The number of halogens is 1. The smallest absolute Gasteiger partial charge is 0.226 e. The molecule has 6 heteroatoms. The minimum atomic E-state index is -0.0973. The second kappa shape index (κ2) is 8.16. The van der Waals surface area contributed by atoms with Gasteiger partial charge in [-0.05, 0) is 25.7 Å². The Balaban J connectivity index is 0.00000176. The van der Waals surface area contributed by atoms with E-state index in [0.29, 0.717) is 5.92 Å². The molecule has 0 aromatic heterocycles. The maximum atomic E-state index is 12.7. The van der Waals surface area contributed by atoms with E-state index in [1.165, 1.54) is 0 Å². The van der Waals surface area contributed by atoms with Crippen molar-refractivity contribution >= 4 is 24.2 Å². The van der Waals surface area contributed by atoms with E-state index in [2.05, 4.69) is 10.6 Å². The highest BCUT2D eigenvalue weighted by molar-refractivity contribution is 5.88. The third kappa shape index (κ3) is 3.93. The molecule has 0 aromatic carbocycles. The third-order valence-electron chi connectivity index (χ3n) is 5.27. The molecule has 3 aliphatic rings. The monoisotopic (exact) mass is 329 g/mol. The number of hydrogen-bond acceptors (Lipinski definition) is 3. The summed E-state index contributed by atoms with van der Waals surface area (Å²) in [5.74, 6) is 0.748. The fourth-order valence-electron chi connectivity index (χ4n) is 3.78. The van der Waals surface area contributed by atoms with Gasteiger partial charge in [0, 0.05) is 50.5 Å². The molecule has 0 radical (unpaired) electrons. The minimum Gasteiger partial charge on any atom is -0.355 e. The molecule has 0 spiro atoms. The predicted molar refractivity (Wildman–Crippen MR) is 87.9 cm³/mol. The molecule has 0 bridgehead atoms. The van der Waals surface area contributed by atoms with Crippen LogP contribution in [0.4, 0.5) is 0 Å². The maximum Gasteiger partial charge on any atom is 0.226 e. The molecular formula is C16H28ClN3O2. The number of likely N-dealkylation sites (tertiary alicyclic amines) is 1. The molecule has 2 aliphatic heterocycles. The van der Waals surface area contributed by atoms with Crippen molar-refractivity contribution in [1.82, 2.24) is 15.5 Å². The van der Waals surface area contributed by atoms with E-state index in [1.807, 2.05) is 4.90 Å². The lowest BCUT2D eigenvalue weighted by Crippen LogP contribution is -2.50. The van der Waals surface area contributed by atoms with Gasteiger partial charge in [-0.1, -0.05) is 12.8 Å². The van der Waals surface area contributed by atoms with Crippen LogP contribution in [0.5, 0.6) is 0 Å². The number of carbonyl (C=O) groups excluding carboxylic acids is 2. The first-order valence-electron chi connectivity index (χ1n) is 8.53. The highest BCUT2D eigenvalue weighted by Crippen LogP contribution is 2.32. The molecule has 1 saturated carbocycles. The van der Waals surface area contributed by atoms with Gasteiger partial charge < -0.3 is 15.5 Å². The second-order valence-corrected chi connectivity index (χ2v) is 6.80. The van der Waals surface area contributed by atoms with E-state index in [-0.39, 0.29) is 36.1 Å². The number of carbonyl (C=O) groups is 2. The number of amides is 2. The van der Waals surface area contributed by atoms with Crippen LogP contribution >= 0.6 is 12.4 Å². The number of hydrogen-bond donors (Lipinski definition) is 2. The van der Waals surface area contributed by atoms with E-state index in [0.717, 1.165) is 71.2 Å². The van der Waals surface area contributed by atoms with Crippen molar-refractivity contribution in [3.05, 3.63) is 0 Å². The van der Waals surface area contributed by atoms with Gasteiger partial charge in [-0.25, -0.2) is 0 Å². The number of rotatable bonds is 4. The van der Waals surface area contributed by atoms with E-state index in [9.17, 15) is 9.59 Å². The summed E-state index contributed by atoms with van der Waals surface area (Å²) in [5.41, 5.74) is 0. The summed E-state index contributed by atoms with van der Waals surface area (Å²) < 4.78 is 0. The van der Waals surface area contributed by atoms with Crippen molar-refractivity contribution in [2.45, 2.75) is 38.5 Å². The first kappa shape index (κ1) is 17.5. The minimum absolute atomic E-state index is 0. The van der Waals surface area contributed by atoms with Gasteiger partial charge in [0.1, 0.15) is 0 Å². The Morgan fingerprint density at radius 2 is 1.64 bits per heavy atom. The van der Waals surface area contributed by atoms with E-state index in [1.54, 1.807) is 0 Å². The van der Waals surface area contributed by atoms with Crippen molar-refractivity contribution in [2.24, 2.45) is 17.8 Å². The zero-order valence-corrected chi connectivity index (χ0v) is 14.0. The molecule has 2 heterocycles. The van der Waals surface area contributed by atoms with Gasteiger partial charge >= 0.3 is 0 Å².